The van der Waals surface area contributed by atoms with E-state index >= 15 is 0 Å². The molecule has 4 N–H and O–H groups in total. The van der Waals surface area contributed by atoms with E-state index in [0.29, 0.717) is 13.1 Å². The van der Waals surface area contributed by atoms with Crippen LogP contribution in [0.25, 0.3) is 0 Å². The lowest BCUT2D eigenvalue weighted by Crippen LogP contribution is -3.18. The molecule has 0 saturated carbocycles. The van der Waals surface area contributed by atoms with Crippen LogP contribution in [0.5, 0.6) is 0 Å². The van der Waals surface area contributed by atoms with Crippen LogP contribution >= 0.6 is 0 Å². The molecule has 0 radical (unpaired) electrons. The van der Waals surface area contributed by atoms with Crippen molar-refractivity contribution < 1.29 is 28.6 Å². The largest absolute Gasteiger partial charge is 0.391 e. The summed E-state index contributed by atoms with van der Waals surface area (Å²) in [7, 11) is -3.16. The number of quaternary nitrogens is 1. The Hall–Kier alpha value is -0.210. The van der Waals surface area contributed by atoms with Gasteiger partial charge in [0.25, 0.3) is 0 Å². The van der Waals surface area contributed by atoms with Crippen LogP contribution < -0.4 is 4.90 Å². The summed E-state index contributed by atoms with van der Waals surface area (Å²) in [4.78, 5) is 0.744. The van der Waals surface area contributed by atoms with Gasteiger partial charge in [-0.3, -0.25) is 0 Å². The van der Waals surface area contributed by atoms with Gasteiger partial charge in [-0.2, -0.15) is 0 Å². The molecule has 1 rings (SSSR count). The van der Waals surface area contributed by atoms with Crippen molar-refractivity contribution >= 4 is 9.84 Å². The van der Waals surface area contributed by atoms with Gasteiger partial charge >= 0.3 is 0 Å². The number of nitrogens with one attached hydrogen (secondary N) is 1. The van der Waals surface area contributed by atoms with Crippen LogP contribution in [0.1, 0.15) is 0 Å². The SMILES string of the molecule is O=S1(=O)C[C@@H]([NH+](CCO)CCO)[C@@H](O)C1. The molecule has 90 valence electrons. The fourth-order valence-electron chi connectivity index (χ4n) is 2.00. The van der Waals surface area contributed by atoms with Gasteiger partial charge < -0.3 is 20.2 Å². The Morgan fingerprint density at radius 1 is 1.13 bits per heavy atom. The first-order valence-electron chi connectivity index (χ1n) is 4.95. The van der Waals surface area contributed by atoms with E-state index in [-0.39, 0.29) is 24.7 Å². The fourth-order valence-corrected chi connectivity index (χ4v) is 3.90. The molecule has 7 heteroatoms. The van der Waals surface area contributed by atoms with Crippen LogP contribution in [0.2, 0.25) is 0 Å². The van der Waals surface area contributed by atoms with Crippen molar-refractivity contribution in [1.82, 2.24) is 0 Å². The molecule has 0 aromatic heterocycles. The molecule has 1 heterocycles. The van der Waals surface area contributed by atoms with Crippen LogP contribution in [0.4, 0.5) is 0 Å². The minimum Gasteiger partial charge on any atom is -0.391 e. The minimum absolute atomic E-state index is 0.0660. The zero-order valence-corrected chi connectivity index (χ0v) is 9.28. The summed E-state index contributed by atoms with van der Waals surface area (Å²) in [6.07, 6.45) is -0.886. The molecule has 0 aromatic rings. The highest BCUT2D eigenvalue weighted by atomic mass is 32.2. The standard InChI is InChI=1S/C8H17NO5S/c10-3-1-9(2-4-11)7-5-15(13,14)6-8(7)12/h7-8,10-12H,1-6H2/p+1/t7-,8+/m1/s1. The molecule has 0 aliphatic carbocycles. The van der Waals surface area contributed by atoms with E-state index in [1.54, 1.807) is 0 Å². The van der Waals surface area contributed by atoms with E-state index in [4.69, 9.17) is 10.2 Å². The highest BCUT2D eigenvalue weighted by Gasteiger charge is 2.42. The number of sulfone groups is 1. The lowest BCUT2D eigenvalue weighted by molar-refractivity contribution is -0.926. The van der Waals surface area contributed by atoms with Gasteiger partial charge in [-0.1, -0.05) is 0 Å². The molecular weight excluding hydrogens is 222 g/mol. The van der Waals surface area contributed by atoms with Crippen molar-refractivity contribution in [3.63, 3.8) is 0 Å². The molecule has 1 fully saturated rings. The second-order valence-corrected chi connectivity index (χ2v) is 6.01. The first kappa shape index (κ1) is 12.9. The topological polar surface area (TPSA) is 99.3 Å². The van der Waals surface area contributed by atoms with E-state index < -0.39 is 22.0 Å². The van der Waals surface area contributed by atoms with Gasteiger partial charge in [-0.15, -0.1) is 0 Å². The molecule has 0 bridgehead atoms. The van der Waals surface area contributed by atoms with Gasteiger partial charge in [-0.05, 0) is 0 Å². The van der Waals surface area contributed by atoms with Crippen molar-refractivity contribution in [3.05, 3.63) is 0 Å². The number of hydrogen-bond acceptors (Lipinski definition) is 5. The van der Waals surface area contributed by atoms with Crippen LogP contribution in [-0.2, 0) is 9.84 Å². The molecule has 15 heavy (non-hydrogen) atoms. The number of hydrogen-bond donors (Lipinski definition) is 4. The predicted molar refractivity (Wildman–Crippen MR) is 53.3 cm³/mol. The van der Waals surface area contributed by atoms with Gasteiger partial charge in [0, 0.05) is 0 Å². The van der Waals surface area contributed by atoms with Crippen LogP contribution in [-0.4, -0.2) is 73.7 Å². The molecule has 6 nitrogen and oxygen atoms in total. The van der Waals surface area contributed by atoms with Crippen molar-refractivity contribution in [2.24, 2.45) is 0 Å². The molecule has 1 saturated heterocycles. The Morgan fingerprint density at radius 3 is 2.00 bits per heavy atom. The highest BCUT2D eigenvalue weighted by Crippen LogP contribution is 2.09. The smallest absolute Gasteiger partial charge is 0.159 e. The fraction of sp³-hybridized carbons (Fsp3) is 1.00. The molecule has 0 spiro atoms. The van der Waals surface area contributed by atoms with E-state index in [1.165, 1.54) is 0 Å². The summed E-state index contributed by atoms with van der Waals surface area (Å²) >= 11 is 0. The normalized spacial score (nSPS) is 29.9. The second-order valence-electron chi connectivity index (χ2n) is 3.86. The first-order chi connectivity index (χ1) is 7.00. The van der Waals surface area contributed by atoms with Gasteiger partial charge in [0.2, 0.25) is 0 Å². The molecule has 0 unspecified atom stereocenters. The third-order valence-electron chi connectivity index (χ3n) is 2.71. The molecule has 1 aliphatic heterocycles. The van der Waals surface area contributed by atoms with E-state index in [1.807, 2.05) is 0 Å². The van der Waals surface area contributed by atoms with Crippen molar-refractivity contribution in [3.8, 4) is 0 Å². The molecule has 1 aliphatic rings. The summed E-state index contributed by atoms with van der Waals surface area (Å²) in [5.74, 6) is -0.276. The highest BCUT2D eigenvalue weighted by molar-refractivity contribution is 7.91. The zero-order valence-electron chi connectivity index (χ0n) is 8.46. The van der Waals surface area contributed by atoms with Gasteiger partial charge in [-0.25, -0.2) is 8.42 Å². The average molecular weight is 240 g/mol. The monoisotopic (exact) mass is 240 g/mol. The number of aliphatic hydroxyl groups is 3. The van der Waals surface area contributed by atoms with E-state index in [9.17, 15) is 13.5 Å². The number of aliphatic hydroxyl groups excluding tert-OH is 3. The summed E-state index contributed by atoms with van der Waals surface area (Å²) in [6.45, 7) is 0.521. The average Bonchev–Trinajstić information content (AvgIpc) is 2.39. The summed E-state index contributed by atoms with van der Waals surface area (Å²) in [6, 6.07) is -0.422. The zero-order chi connectivity index (χ0) is 11.5. The lowest BCUT2D eigenvalue weighted by Gasteiger charge is -2.25. The molecular formula is C8H18NO5S+. The Balaban J connectivity index is 2.67. The molecule has 0 amide bonds. The second kappa shape index (κ2) is 5.22. The maximum Gasteiger partial charge on any atom is 0.159 e. The Kier molecular flexibility index (Phi) is 4.47. The quantitative estimate of drug-likeness (QED) is 0.393. The Bertz CT molecular complexity index is 285. The number of rotatable bonds is 5. The van der Waals surface area contributed by atoms with Crippen molar-refractivity contribution in [1.29, 1.82) is 0 Å². The maximum absolute atomic E-state index is 11.3. The lowest BCUT2D eigenvalue weighted by atomic mass is 10.2. The molecule has 2 atom stereocenters. The summed E-state index contributed by atoms with van der Waals surface area (Å²) < 4.78 is 22.5. The van der Waals surface area contributed by atoms with Gasteiger partial charge in [0.05, 0.1) is 19.0 Å². The van der Waals surface area contributed by atoms with E-state index in [2.05, 4.69) is 0 Å². The first-order valence-corrected chi connectivity index (χ1v) is 6.77. The maximum atomic E-state index is 11.3. The van der Waals surface area contributed by atoms with Crippen LogP contribution in [0, 0.1) is 0 Å². The summed E-state index contributed by atoms with van der Waals surface area (Å²) in [5, 5.41) is 27.2. The third kappa shape index (κ3) is 3.39. The van der Waals surface area contributed by atoms with Crippen LogP contribution in [0.3, 0.4) is 0 Å². The van der Waals surface area contributed by atoms with Crippen molar-refractivity contribution in [2.75, 3.05) is 37.8 Å². The van der Waals surface area contributed by atoms with Crippen molar-refractivity contribution in [2.45, 2.75) is 12.1 Å². The van der Waals surface area contributed by atoms with E-state index in [0.717, 1.165) is 4.90 Å². The third-order valence-corrected chi connectivity index (χ3v) is 4.43. The van der Waals surface area contributed by atoms with Crippen LogP contribution in [0.15, 0.2) is 0 Å². The van der Waals surface area contributed by atoms with Gasteiger partial charge in [0.1, 0.15) is 31.0 Å². The Labute approximate surface area is 89.1 Å². The van der Waals surface area contributed by atoms with Gasteiger partial charge in [0.15, 0.2) is 9.84 Å². The summed E-state index contributed by atoms with van der Waals surface area (Å²) in [5.41, 5.74) is 0. The minimum atomic E-state index is -3.16. The predicted octanol–water partition coefficient (Wildman–Crippen LogP) is -3.99. The Morgan fingerprint density at radius 2 is 1.67 bits per heavy atom. The molecule has 0 aromatic carbocycles.